The summed E-state index contributed by atoms with van der Waals surface area (Å²) in [6.07, 6.45) is 0.731. The topological polar surface area (TPSA) is 85.5 Å². The molecule has 0 atom stereocenters. The first-order valence-electron chi connectivity index (χ1n) is 5.94. The molecule has 1 fully saturated rings. The predicted molar refractivity (Wildman–Crippen MR) is 71.1 cm³/mol. The molecule has 1 saturated carbocycles. The van der Waals surface area contributed by atoms with Gasteiger partial charge < -0.3 is 15.3 Å². The van der Waals surface area contributed by atoms with E-state index in [1.54, 1.807) is 4.90 Å². The highest BCUT2D eigenvalue weighted by atomic mass is 16.4. The molecule has 0 heterocycles. The Labute approximate surface area is 110 Å². The number of carbonyl (C=O) groups excluding carboxylic acids is 1. The summed E-state index contributed by atoms with van der Waals surface area (Å²) in [5.74, 6) is -0.104. The highest BCUT2D eigenvalue weighted by molar-refractivity contribution is 6.44. The summed E-state index contributed by atoms with van der Waals surface area (Å²) < 4.78 is 0. The summed E-state index contributed by atoms with van der Waals surface area (Å²) in [5, 5.41) is 24.0. The third-order valence-electron chi connectivity index (χ3n) is 3.17. The van der Waals surface area contributed by atoms with E-state index in [2.05, 4.69) is 10.3 Å². The summed E-state index contributed by atoms with van der Waals surface area (Å²) in [7, 11) is 0. The highest BCUT2D eigenvalue weighted by Crippen LogP contribution is 2.26. The Morgan fingerprint density at radius 2 is 1.68 bits per heavy atom. The van der Waals surface area contributed by atoms with Crippen molar-refractivity contribution in [3.05, 3.63) is 30.3 Å². The standard InChI is InChI=1S/C13H15N3O3/c1-9(17)16(10-5-3-2-4-6-10)11-7-12(14-18)13(8-11)15-19/h2-6,11,18-19H,7-8H2,1H3. The summed E-state index contributed by atoms with van der Waals surface area (Å²) in [4.78, 5) is 13.5. The van der Waals surface area contributed by atoms with Crippen molar-refractivity contribution < 1.29 is 15.2 Å². The van der Waals surface area contributed by atoms with Crippen LogP contribution in [0, 0.1) is 0 Å². The van der Waals surface area contributed by atoms with Gasteiger partial charge in [-0.3, -0.25) is 4.79 Å². The molecule has 0 radical (unpaired) electrons. The maximum Gasteiger partial charge on any atom is 0.224 e. The molecular weight excluding hydrogens is 246 g/mol. The maximum atomic E-state index is 11.8. The monoisotopic (exact) mass is 261 g/mol. The number of oxime groups is 2. The van der Waals surface area contributed by atoms with Crippen LogP contribution in [0.25, 0.3) is 0 Å². The van der Waals surface area contributed by atoms with Crippen molar-refractivity contribution in [3.8, 4) is 0 Å². The van der Waals surface area contributed by atoms with Crippen LogP contribution < -0.4 is 4.90 Å². The number of benzene rings is 1. The first-order valence-corrected chi connectivity index (χ1v) is 5.94. The fourth-order valence-corrected chi connectivity index (χ4v) is 2.37. The molecule has 1 aliphatic carbocycles. The Balaban J connectivity index is 2.31. The minimum atomic E-state index is -0.198. The number of para-hydroxylation sites is 1. The fourth-order valence-electron chi connectivity index (χ4n) is 2.37. The first kappa shape index (κ1) is 13.1. The van der Waals surface area contributed by atoms with Crippen molar-refractivity contribution in [3.63, 3.8) is 0 Å². The van der Waals surface area contributed by atoms with Crippen LogP contribution >= 0.6 is 0 Å². The van der Waals surface area contributed by atoms with Crippen molar-refractivity contribution in [2.45, 2.75) is 25.8 Å². The lowest BCUT2D eigenvalue weighted by atomic mass is 10.1. The lowest BCUT2D eigenvalue weighted by molar-refractivity contribution is -0.117. The summed E-state index contributed by atoms with van der Waals surface area (Å²) in [5.41, 5.74) is 1.40. The van der Waals surface area contributed by atoms with Gasteiger partial charge in [0.2, 0.25) is 5.91 Å². The summed E-state index contributed by atoms with van der Waals surface area (Å²) in [6.45, 7) is 1.48. The number of carbonyl (C=O) groups is 1. The molecule has 1 amide bonds. The predicted octanol–water partition coefficient (Wildman–Crippen LogP) is 1.86. The lowest BCUT2D eigenvalue weighted by Gasteiger charge is -2.27. The number of nitrogens with zero attached hydrogens (tertiary/aromatic N) is 3. The number of anilines is 1. The van der Waals surface area contributed by atoms with Gasteiger partial charge in [0, 0.05) is 31.5 Å². The number of hydrogen-bond donors (Lipinski definition) is 2. The van der Waals surface area contributed by atoms with E-state index in [0.29, 0.717) is 24.3 Å². The molecule has 6 nitrogen and oxygen atoms in total. The molecule has 2 rings (SSSR count). The van der Waals surface area contributed by atoms with Crippen LogP contribution in [0.5, 0.6) is 0 Å². The molecule has 0 aromatic heterocycles. The Kier molecular flexibility index (Phi) is 3.79. The molecule has 0 bridgehead atoms. The molecule has 1 aromatic rings. The molecule has 100 valence electrons. The molecule has 2 N–H and O–H groups in total. The fraction of sp³-hybridized carbons (Fsp3) is 0.308. The smallest absolute Gasteiger partial charge is 0.224 e. The van der Waals surface area contributed by atoms with Gasteiger partial charge in [-0.1, -0.05) is 28.5 Å². The van der Waals surface area contributed by atoms with E-state index in [0.717, 1.165) is 5.69 Å². The first-order chi connectivity index (χ1) is 9.17. The van der Waals surface area contributed by atoms with E-state index in [9.17, 15) is 4.79 Å². The Morgan fingerprint density at radius 1 is 1.16 bits per heavy atom. The van der Waals surface area contributed by atoms with Gasteiger partial charge >= 0.3 is 0 Å². The van der Waals surface area contributed by atoms with E-state index < -0.39 is 0 Å². The van der Waals surface area contributed by atoms with Gasteiger partial charge in [-0.05, 0) is 12.1 Å². The molecule has 0 saturated heterocycles. The maximum absolute atomic E-state index is 11.8. The summed E-state index contributed by atoms with van der Waals surface area (Å²) in [6, 6.07) is 9.05. The van der Waals surface area contributed by atoms with Crippen LogP contribution in [0.15, 0.2) is 40.6 Å². The van der Waals surface area contributed by atoms with Crippen LogP contribution in [0.1, 0.15) is 19.8 Å². The quantitative estimate of drug-likeness (QED) is 0.629. The minimum Gasteiger partial charge on any atom is -0.411 e. The zero-order valence-corrected chi connectivity index (χ0v) is 10.5. The third kappa shape index (κ3) is 2.57. The molecule has 1 aliphatic rings. The van der Waals surface area contributed by atoms with Gasteiger partial charge in [-0.2, -0.15) is 0 Å². The van der Waals surface area contributed by atoms with Crippen LogP contribution in [0.3, 0.4) is 0 Å². The second-order valence-corrected chi connectivity index (χ2v) is 4.38. The van der Waals surface area contributed by atoms with Crippen LogP contribution in [-0.4, -0.2) is 33.8 Å². The van der Waals surface area contributed by atoms with Gasteiger partial charge in [-0.25, -0.2) is 0 Å². The normalized spacial score (nSPS) is 22.9. The average Bonchev–Trinajstić information content (AvgIpc) is 2.82. The van der Waals surface area contributed by atoms with E-state index in [1.807, 2.05) is 30.3 Å². The largest absolute Gasteiger partial charge is 0.411 e. The third-order valence-corrected chi connectivity index (χ3v) is 3.17. The van der Waals surface area contributed by atoms with Crippen LogP contribution in [0.2, 0.25) is 0 Å². The SMILES string of the molecule is CC(=O)N(c1ccccc1)C1CC(=NO)C(=NO)C1. The average molecular weight is 261 g/mol. The Hall–Kier alpha value is -2.37. The highest BCUT2D eigenvalue weighted by Gasteiger charge is 2.34. The number of amides is 1. The van der Waals surface area contributed by atoms with E-state index in [4.69, 9.17) is 10.4 Å². The molecule has 1 aromatic carbocycles. The second-order valence-electron chi connectivity index (χ2n) is 4.38. The van der Waals surface area contributed by atoms with Crippen molar-refractivity contribution >= 4 is 23.0 Å². The molecule has 19 heavy (non-hydrogen) atoms. The van der Waals surface area contributed by atoms with Gasteiger partial charge in [0.1, 0.15) is 11.4 Å². The summed E-state index contributed by atoms with van der Waals surface area (Å²) >= 11 is 0. The molecule has 0 aliphatic heterocycles. The molecule has 0 unspecified atom stereocenters. The minimum absolute atomic E-state index is 0.104. The number of hydrogen-bond acceptors (Lipinski definition) is 5. The molecule has 0 spiro atoms. The van der Waals surface area contributed by atoms with Crippen molar-refractivity contribution in [2.75, 3.05) is 4.90 Å². The van der Waals surface area contributed by atoms with Gasteiger partial charge in [0.05, 0.1) is 0 Å². The van der Waals surface area contributed by atoms with E-state index in [1.165, 1.54) is 6.92 Å². The van der Waals surface area contributed by atoms with Crippen LogP contribution in [0.4, 0.5) is 5.69 Å². The zero-order chi connectivity index (χ0) is 13.8. The molecule has 6 heteroatoms. The van der Waals surface area contributed by atoms with Crippen molar-refractivity contribution in [2.24, 2.45) is 10.3 Å². The van der Waals surface area contributed by atoms with Gasteiger partial charge in [0.15, 0.2) is 0 Å². The number of rotatable bonds is 2. The van der Waals surface area contributed by atoms with Crippen molar-refractivity contribution in [1.82, 2.24) is 0 Å². The van der Waals surface area contributed by atoms with Gasteiger partial charge in [-0.15, -0.1) is 0 Å². The van der Waals surface area contributed by atoms with Gasteiger partial charge in [0.25, 0.3) is 0 Å². The Bertz CT molecular complexity index is 505. The lowest BCUT2D eigenvalue weighted by Crippen LogP contribution is -2.37. The van der Waals surface area contributed by atoms with Crippen molar-refractivity contribution in [1.29, 1.82) is 0 Å². The Morgan fingerprint density at radius 3 is 2.11 bits per heavy atom. The van der Waals surface area contributed by atoms with Crippen LogP contribution in [-0.2, 0) is 4.79 Å². The second kappa shape index (κ2) is 5.51. The zero-order valence-electron chi connectivity index (χ0n) is 10.5. The molecular formula is C13H15N3O3. The van der Waals surface area contributed by atoms with E-state index in [-0.39, 0.29) is 11.9 Å². The van der Waals surface area contributed by atoms with E-state index >= 15 is 0 Å².